The predicted octanol–water partition coefficient (Wildman–Crippen LogP) is 2.57. The molecule has 1 aromatic carbocycles. The molecule has 0 aromatic heterocycles. The largest absolute Gasteiger partial charge is 0.483 e. The summed E-state index contributed by atoms with van der Waals surface area (Å²) in [6, 6.07) is 7.46. The lowest BCUT2D eigenvalue weighted by Gasteiger charge is -2.31. The number of ether oxygens (including phenoxy) is 2. The number of nitrogens with zero attached hydrogens (tertiary/aromatic N) is 1. The predicted molar refractivity (Wildman–Crippen MR) is 89.4 cm³/mol. The van der Waals surface area contributed by atoms with Gasteiger partial charge in [-0.2, -0.15) is 0 Å². The molecule has 126 valence electrons. The van der Waals surface area contributed by atoms with E-state index >= 15 is 0 Å². The van der Waals surface area contributed by atoms with Crippen molar-refractivity contribution >= 4 is 27.9 Å². The number of amides is 2. The van der Waals surface area contributed by atoms with Gasteiger partial charge in [-0.15, -0.1) is 0 Å². The molecule has 0 radical (unpaired) electrons. The molecule has 2 amide bonds. The molecule has 0 atom stereocenters. The summed E-state index contributed by atoms with van der Waals surface area (Å²) in [5, 5.41) is 2.94. The van der Waals surface area contributed by atoms with E-state index in [1.54, 1.807) is 17.9 Å². The number of carbonyl (C=O) groups is 2. The van der Waals surface area contributed by atoms with Gasteiger partial charge in [0, 0.05) is 19.1 Å². The van der Waals surface area contributed by atoms with Crippen molar-refractivity contribution in [3.63, 3.8) is 0 Å². The van der Waals surface area contributed by atoms with Crippen LogP contribution in [0.15, 0.2) is 28.7 Å². The Bertz CT molecular complexity index is 545. The minimum Gasteiger partial charge on any atom is -0.483 e. The van der Waals surface area contributed by atoms with Crippen molar-refractivity contribution in [3.8, 4) is 5.75 Å². The van der Waals surface area contributed by atoms with Crippen molar-refractivity contribution in [1.82, 2.24) is 10.2 Å². The van der Waals surface area contributed by atoms with E-state index < -0.39 is 0 Å². The van der Waals surface area contributed by atoms with Gasteiger partial charge in [-0.1, -0.05) is 12.1 Å². The van der Waals surface area contributed by atoms with Crippen LogP contribution in [0.2, 0.25) is 0 Å². The lowest BCUT2D eigenvalue weighted by molar-refractivity contribution is -0.124. The van der Waals surface area contributed by atoms with E-state index in [2.05, 4.69) is 21.2 Å². The molecule has 23 heavy (non-hydrogen) atoms. The van der Waals surface area contributed by atoms with Gasteiger partial charge in [-0.3, -0.25) is 4.79 Å². The van der Waals surface area contributed by atoms with Crippen LogP contribution in [0.25, 0.3) is 0 Å². The number of para-hydroxylation sites is 1. The van der Waals surface area contributed by atoms with Crippen molar-refractivity contribution in [1.29, 1.82) is 0 Å². The number of piperidine rings is 1. The van der Waals surface area contributed by atoms with Crippen molar-refractivity contribution in [2.24, 2.45) is 0 Å². The zero-order valence-corrected chi connectivity index (χ0v) is 14.7. The monoisotopic (exact) mass is 384 g/mol. The molecule has 1 N–H and O–H groups in total. The summed E-state index contributed by atoms with van der Waals surface area (Å²) in [7, 11) is 0. The quantitative estimate of drug-likeness (QED) is 0.846. The van der Waals surface area contributed by atoms with E-state index in [-0.39, 0.29) is 24.6 Å². The average Bonchev–Trinajstić information content (AvgIpc) is 2.55. The third-order valence-corrected chi connectivity index (χ3v) is 4.24. The van der Waals surface area contributed by atoms with E-state index in [1.165, 1.54) is 0 Å². The van der Waals surface area contributed by atoms with E-state index in [0.29, 0.717) is 25.4 Å². The second kappa shape index (κ2) is 8.76. The molecule has 1 aliphatic heterocycles. The van der Waals surface area contributed by atoms with E-state index in [4.69, 9.17) is 9.47 Å². The van der Waals surface area contributed by atoms with Crippen molar-refractivity contribution in [2.45, 2.75) is 25.8 Å². The Morgan fingerprint density at radius 2 is 2.00 bits per heavy atom. The highest BCUT2D eigenvalue weighted by Gasteiger charge is 2.24. The first kappa shape index (κ1) is 17.6. The molecule has 0 aliphatic carbocycles. The summed E-state index contributed by atoms with van der Waals surface area (Å²) < 4.78 is 11.3. The van der Waals surface area contributed by atoms with Gasteiger partial charge in [-0.05, 0) is 47.8 Å². The minimum atomic E-state index is -0.283. The number of halogens is 1. The lowest BCUT2D eigenvalue weighted by atomic mass is 10.1. The Labute approximate surface area is 144 Å². The van der Waals surface area contributed by atoms with Crippen molar-refractivity contribution in [3.05, 3.63) is 28.7 Å². The number of nitrogens with one attached hydrogen (secondary N) is 1. The Balaban J connectivity index is 1.71. The number of rotatable bonds is 5. The molecule has 1 aliphatic rings. The molecule has 1 saturated heterocycles. The minimum absolute atomic E-state index is 0.0271. The fourth-order valence-electron chi connectivity index (χ4n) is 2.40. The summed E-state index contributed by atoms with van der Waals surface area (Å²) in [6.45, 7) is 3.32. The highest BCUT2D eigenvalue weighted by Crippen LogP contribution is 2.23. The van der Waals surface area contributed by atoms with Crippen LogP contribution < -0.4 is 10.1 Å². The van der Waals surface area contributed by atoms with Crippen LogP contribution in [0.1, 0.15) is 19.8 Å². The molecule has 0 bridgehead atoms. The summed E-state index contributed by atoms with van der Waals surface area (Å²) in [4.78, 5) is 25.2. The highest BCUT2D eigenvalue weighted by atomic mass is 79.9. The Morgan fingerprint density at radius 3 is 2.65 bits per heavy atom. The second-order valence-corrected chi connectivity index (χ2v) is 6.10. The maximum Gasteiger partial charge on any atom is 0.409 e. The SMILES string of the molecule is CCOC(=O)N1CCC(NC(=O)COc2ccccc2Br)CC1. The molecule has 1 fully saturated rings. The zero-order chi connectivity index (χ0) is 16.7. The van der Waals surface area contributed by atoms with E-state index in [1.807, 2.05) is 18.2 Å². The molecule has 0 saturated carbocycles. The number of carbonyl (C=O) groups excluding carboxylic acids is 2. The molecule has 2 rings (SSSR count). The third kappa shape index (κ3) is 5.42. The first-order valence-corrected chi connectivity index (χ1v) is 8.48. The van der Waals surface area contributed by atoms with Gasteiger partial charge in [0.15, 0.2) is 6.61 Å². The van der Waals surface area contributed by atoms with Crippen LogP contribution in [0.4, 0.5) is 4.79 Å². The van der Waals surface area contributed by atoms with Crippen LogP contribution in [-0.4, -0.2) is 49.2 Å². The molecule has 7 heteroatoms. The molecular weight excluding hydrogens is 364 g/mol. The fourth-order valence-corrected chi connectivity index (χ4v) is 2.79. The molecule has 0 unspecified atom stereocenters. The summed E-state index contributed by atoms with van der Waals surface area (Å²) in [5.41, 5.74) is 0. The van der Waals surface area contributed by atoms with Crippen LogP contribution in [0, 0.1) is 0 Å². The molecular formula is C16H21BrN2O4. The lowest BCUT2D eigenvalue weighted by Crippen LogP contribution is -2.47. The number of likely N-dealkylation sites (tertiary alicyclic amines) is 1. The van der Waals surface area contributed by atoms with Gasteiger partial charge in [0.1, 0.15) is 5.75 Å². The summed E-state index contributed by atoms with van der Waals surface area (Å²) in [5.74, 6) is 0.482. The van der Waals surface area contributed by atoms with Gasteiger partial charge in [0.2, 0.25) is 0 Å². The first-order chi connectivity index (χ1) is 11.1. The summed E-state index contributed by atoms with van der Waals surface area (Å²) >= 11 is 3.37. The molecule has 1 aromatic rings. The van der Waals surface area contributed by atoms with Crippen molar-refractivity contribution in [2.75, 3.05) is 26.3 Å². The molecule has 6 nitrogen and oxygen atoms in total. The van der Waals surface area contributed by atoms with E-state index in [9.17, 15) is 9.59 Å². The molecule has 0 spiro atoms. The number of hydrogen-bond donors (Lipinski definition) is 1. The summed E-state index contributed by atoms with van der Waals surface area (Å²) in [6.07, 6.45) is 1.16. The maximum absolute atomic E-state index is 12.0. The van der Waals surface area contributed by atoms with Crippen LogP contribution in [0.5, 0.6) is 5.75 Å². The third-order valence-electron chi connectivity index (χ3n) is 3.58. The van der Waals surface area contributed by atoms with Gasteiger partial charge in [0.05, 0.1) is 11.1 Å². The van der Waals surface area contributed by atoms with Gasteiger partial charge < -0.3 is 19.7 Å². The Hall–Kier alpha value is -1.76. The van der Waals surface area contributed by atoms with Crippen LogP contribution in [0.3, 0.4) is 0 Å². The first-order valence-electron chi connectivity index (χ1n) is 7.68. The average molecular weight is 385 g/mol. The molecule has 1 heterocycles. The zero-order valence-electron chi connectivity index (χ0n) is 13.1. The Kier molecular flexibility index (Phi) is 6.70. The normalized spacial score (nSPS) is 15.1. The van der Waals surface area contributed by atoms with Crippen LogP contribution in [-0.2, 0) is 9.53 Å². The standard InChI is InChI=1S/C16H21BrN2O4/c1-2-22-16(21)19-9-7-12(8-10-19)18-15(20)11-23-14-6-4-3-5-13(14)17/h3-6,12H,2,7-11H2,1H3,(H,18,20). The van der Waals surface area contributed by atoms with Crippen molar-refractivity contribution < 1.29 is 19.1 Å². The number of benzene rings is 1. The smallest absolute Gasteiger partial charge is 0.409 e. The second-order valence-electron chi connectivity index (χ2n) is 5.25. The fraction of sp³-hybridized carbons (Fsp3) is 0.500. The number of hydrogen-bond acceptors (Lipinski definition) is 4. The van der Waals surface area contributed by atoms with Gasteiger partial charge in [0.25, 0.3) is 5.91 Å². The maximum atomic E-state index is 12.0. The Morgan fingerprint density at radius 1 is 1.30 bits per heavy atom. The van der Waals surface area contributed by atoms with Crippen LogP contribution >= 0.6 is 15.9 Å². The van der Waals surface area contributed by atoms with Gasteiger partial charge in [-0.25, -0.2) is 4.79 Å². The van der Waals surface area contributed by atoms with Gasteiger partial charge >= 0.3 is 6.09 Å². The highest BCUT2D eigenvalue weighted by molar-refractivity contribution is 9.10. The topological polar surface area (TPSA) is 67.9 Å². The van der Waals surface area contributed by atoms with E-state index in [0.717, 1.165) is 17.3 Å².